The fourth-order valence-corrected chi connectivity index (χ4v) is 2.64. The number of morpholine rings is 1. The van der Waals surface area contributed by atoms with Gasteiger partial charge in [0.05, 0.1) is 12.7 Å². The van der Waals surface area contributed by atoms with Crippen LogP contribution in [0.5, 0.6) is 0 Å². The fraction of sp³-hybridized carbons (Fsp3) is 0.533. The lowest BCUT2D eigenvalue weighted by molar-refractivity contribution is -0.0441. The normalized spacial score (nSPS) is 22.6. The molecule has 0 amide bonds. The minimum absolute atomic E-state index is 0.130. The highest BCUT2D eigenvalue weighted by molar-refractivity contribution is 5.80. The van der Waals surface area contributed by atoms with Gasteiger partial charge < -0.3 is 15.7 Å². The zero-order chi connectivity index (χ0) is 14.4. The van der Waals surface area contributed by atoms with Crippen molar-refractivity contribution >= 4 is 5.84 Å². The van der Waals surface area contributed by atoms with Crippen molar-refractivity contribution in [2.45, 2.75) is 31.9 Å². The monoisotopic (exact) mass is 277 g/mol. The van der Waals surface area contributed by atoms with Crippen LogP contribution >= 0.6 is 0 Å². The molecule has 110 valence electrons. The van der Waals surface area contributed by atoms with Crippen LogP contribution in [0.1, 0.15) is 31.4 Å². The number of nitrogens with zero attached hydrogens (tertiary/aromatic N) is 2. The zero-order valence-electron chi connectivity index (χ0n) is 11.9. The summed E-state index contributed by atoms with van der Waals surface area (Å²) in [7, 11) is 0. The maximum Gasteiger partial charge on any atom is 0.141 e. The first-order chi connectivity index (χ1) is 9.74. The van der Waals surface area contributed by atoms with Crippen LogP contribution in [-0.2, 0) is 4.74 Å². The number of benzene rings is 1. The molecule has 2 atom stereocenters. The van der Waals surface area contributed by atoms with E-state index in [1.807, 2.05) is 18.2 Å². The van der Waals surface area contributed by atoms with Crippen LogP contribution in [0, 0.1) is 0 Å². The standard InChI is InChI=1S/C15H23N3O2/c1-2-13-11-18(8-9-20-13)14(10-15(16)17-19)12-6-4-3-5-7-12/h3-7,13-14,19H,2,8-11H2,1H3,(H2,16,17). The molecule has 0 bridgehead atoms. The van der Waals surface area contributed by atoms with E-state index in [1.165, 1.54) is 5.56 Å². The van der Waals surface area contributed by atoms with Gasteiger partial charge in [-0.15, -0.1) is 0 Å². The molecular weight excluding hydrogens is 254 g/mol. The third-order valence-electron chi connectivity index (χ3n) is 3.78. The molecule has 5 nitrogen and oxygen atoms in total. The van der Waals surface area contributed by atoms with E-state index in [1.54, 1.807) is 0 Å². The lowest BCUT2D eigenvalue weighted by atomic mass is 10.00. The number of nitrogens with two attached hydrogens (primary N) is 1. The molecule has 0 spiro atoms. The number of ether oxygens (including phenoxy) is 1. The Morgan fingerprint density at radius 3 is 2.90 bits per heavy atom. The van der Waals surface area contributed by atoms with Gasteiger partial charge in [0.2, 0.25) is 0 Å². The molecule has 1 fully saturated rings. The van der Waals surface area contributed by atoms with Crippen LogP contribution in [0.25, 0.3) is 0 Å². The first-order valence-corrected chi connectivity index (χ1v) is 7.11. The van der Waals surface area contributed by atoms with Gasteiger partial charge in [0.1, 0.15) is 5.84 Å². The Labute approximate surface area is 120 Å². The molecule has 3 N–H and O–H groups in total. The summed E-state index contributed by atoms with van der Waals surface area (Å²) < 4.78 is 5.72. The van der Waals surface area contributed by atoms with Crippen LogP contribution in [0.15, 0.2) is 35.5 Å². The van der Waals surface area contributed by atoms with Gasteiger partial charge in [0.25, 0.3) is 0 Å². The summed E-state index contributed by atoms with van der Waals surface area (Å²) in [6, 6.07) is 10.3. The molecule has 1 aromatic carbocycles. The van der Waals surface area contributed by atoms with E-state index < -0.39 is 0 Å². The van der Waals surface area contributed by atoms with E-state index in [0.717, 1.165) is 26.1 Å². The maximum atomic E-state index is 8.85. The van der Waals surface area contributed by atoms with E-state index >= 15 is 0 Å². The second-order valence-corrected chi connectivity index (χ2v) is 5.12. The van der Waals surface area contributed by atoms with Gasteiger partial charge in [-0.2, -0.15) is 0 Å². The number of hydrogen-bond acceptors (Lipinski definition) is 4. The van der Waals surface area contributed by atoms with Crippen molar-refractivity contribution in [3.8, 4) is 0 Å². The molecule has 1 heterocycles. The van der Waals surface area contributed by atoms with Gasteiger partial charge in [-0.05, 0) is 12.0 Å². The van der Waals surface area contributed by atoms with E-state index in [2.05, 4.69) is 29.1 Å². The van der Waals surface area contributed by atoms with Crippen molar-refractivity contribution < 1.29 is 9.94 Å². The second-order valence-electron chi connectivity index (χ2n) is 5.12. The molecule has 0 aromatic heterocycles. The van der Waals surface area contributed by atoms with Gasteiger partial charge in [-0.3, -0.25) is 4.90 Å². The minimum atomic E-state index is 0.130. The predicted octanol–water partition coefficient (Wildman–Crippen LogP) is 1.98. The average molecular weight is 277 g/mol. The molecule has 1 saturated heterocycles. The van der Waals surface area contributed by atoms with Crippen LogP contribution in [-0.4, -0.2) is 41.7 Å². The van der Waals surface area contributed by atoms with Crippen LogP contribution in [0.2, 0.25) is 0 Å². The van der Waals surface area contributed by atoms with E-state index in [4.69, 9.17) is 15.7 Å². The number of oxime groups is 1. The molecule has 1 aliphatic rings. The Morgan fingerprint density at radius 1 is 1.50 bits per heavy atom. The molecule has 2 rings (SSSR count). The highest BCUT2D eigenvalue weighted by Gasteiger charge is 2.27. The summed E-state index contributed by atoms with van der Waals surface area (Å²) in [5.41, 5.74) is 6.92. The Morgan fingerprint density at radius 2 is 2.25 bits per heavy atom. The minimum Gasteiger partial charge on any atom is -0.409 e. The van der Waals surface area contributed by atoms with Gasteiger partial charge in [0.15, 0.2) is 0 Å². The predicted molar refractivity (Wildman–Crippen MR) is 78.8 cm³/mol. The average Bonchev–Trinajstić information content (AvgIpc) is 2.53. The lowest BCUT2D eigenvalue weighted by Crippen LogP contribution is -2.45. The highest BCUT2D eigenvalue weighted by Crippen LogP contribution is 2.26. The smallest absolute Gasteiger partial charge is 0.141 e. The number of amidine groups is 1. The summed E-state index contributed by atoms with van der Waals surface area (Å²) >= 11 is 0. The molecule has 5 heteroatoms. The zero-order valence-corrected chi connectivity index (χ0v) is 11.9. The van der Waals surface area contributed by atoms with Crippen molar-refractivity contribution in [3.05, 3.63) is 35.9 Å². The SMILES string of the molecule is CCC1CN(C(CC(N)=NO)c2ccccc2)CCO1. The summed E-state index contributed by atoms with van der Waals surface area (Å²) in [5, 5.41) is 12.0. The molecule has 1 aromatic rings. The summed E-state index contributed by atoms with van der Waals surface area (Å²) in [6.07, 6.45) is 1.79. The van der Waals surface area contributed by atoms with E-state index in [0.29, 0.717) is 6.42 Å². The Kier molecular flexibility index (Phi) is 5.38. The Bertz CT molecular complexity index is 436. The lowest BCUT2D eigenvalue weighted by Gasteiger charge is -2.38. The molecular formula is C15H23N3O2. The third kappa shape index (κ3) is 3.71. The molecule has 0 aliphatic carbocycles. The Hall–Kier alpha value is -1.59. The van der Waals surface area contributed by atoms with Crippen LogP contribution in [0.4, 0.5) is 0 Å². The van der Waals surface area contributed by atoms with Crippen LogP contribution in [0.3, 0.4) is 0 Å². The van der Waals surface area contributed by atoms with E-state index in [-0.39, 0.29) is 18.0 Å². The van der Waals surface area contributed by atoms with E-state index in [9.17, 15) is 0 Å². The molecule has 0 radical (unpaired) electrons. The molecule has 2 unspecified atom stereocenters. The van der Waals surface area contributed by atoms with Crippen molar-refractivity contribution in [3.63, 3.8) is 0 Å². The van der Waals surface area contributed by atoms with Crippen molar-refractivity contribution in [2.75, 3.05) is 19.7 Å². The molecule has 0 saturated carbocycles. The summed E-state index contributed by atoms with van der Waals surface area (Å²) in [5.74, 6) is 0.262. The van der Waals surface area contributed by atoms with Gasteiger partial charge in [0, 0.05) is 25.6 Å². The Balaban J connectivity index is 2.17. The largest absolute Gasteiger partial charge is 0.409 e. The van der Waals surface area contributed by atoms with Crippen LogP contribution < -0.4 is 5.73 Å². The molecule has 1 aliphatic heterocycles. The van der Waals surface area contributed by atoms with Gasteiger partial charge >= 0.3 is 0 Å². The fourth-order valence-electron chi connectivity index (χ4n) is 2.64. The molecule has 20 heavy (non-hydrogen) atoms. The van der Waals surface area contributed by atoms with Gasteiger partial charge in [-0.1, -0.05) is 42.4 Å². The first kappa shape index (κ1) is 14.8. The quantitative estimate of drug-likeness (QED) is 0.373. The van der Waals surface area contributed by atoms with Crippen molar-refractivity contribution in [2.24, 2.45) is 10.9 Å². The summed E-state index contributed by atoms with van der Waals surface area (Å²) in [6.45, 7) is 4.62. The highest BCUT2D eigenvalue weighted by atomic mass is 16.5. The van der Waals surface area contributed by atoms with Crippen molar-refractivity contribution in [1.29, 1.82) is 0 Å². The summed E-state index contributed by atoms with van der Waals surface area (Å²) in [4.78, 5) is 2.37. The van der Waals surface area contributed by atoms with Gasteiger partial charge in [-0.25, -0.2) is 0 Å². The number of hydrogen-bond donors (Lipinski definition) is 2. The maximum absolute atomic E-state index is 8.85. The first-order valence-electron chi connectivity index (χ1n) is 7.11. The van der Waals surface area contributed by atoms with Crippen molar-refractivity contribution in [1.82, 2.24) is 4.90 Å². The number of rotatable bonds is 5. The third-order valence-corrected chi connectivity index (χ3v) is 3.78. The second kappa shape index (κ2) is 7.26. The topological polar surface area (TPSA) is 71.1 Å².